The molecule has 1 aromatic heterocycles. The van der Waals surface area contributed by atoms with Crippen molar-refractivity contribution in [1.82, 2.24) is 10.2 Å². The van der Waals surface area contributed by atoms with Crippen LogP contribution in [0.4, 0.5) is 10.1 Å². The van der Waals surface area contributed by atoms with Gasteiger partial charge in [0.25, 0.3) is 10.9 Å². The van der Waals surface area contributed by atoms with Crippen molar-refractivity contribution >= 4 is 29.1 Å². The van der Waals surface area contributed by atoms with Gasteiger partial charge in [-0.15, -0.1) is 10.2 Å². The third-order valence-corrected chi connectivity index (χ3v) is 4.18. The van der Waals surface area contributed by atoms with Crippen LogP contribution in [0.2, 0.25) is 5.02 Å². The molecule has 122 valence electrons. The van der Waals surface area contributed by atoms with Crippen LogP contribution in [0.15, 0.2) is 52.1 Å². The van der Waals surface area contributed by atoms with Crippen molar-refractivity contribution in [1.29, 1.82) is 0 Å². The van der Waals surface area contributed by atoms with Gasteiger partial charge < -0.3 is 4.42 Å². The second-order valence-electron chi connectivity index (χ2n) is 4.70. The highest BCUT2D eigenvalue weighted by Crippen LogP contribution is 2.28. The zero-order valence-corrected chi connectivity index (χ0v) is 13.6. The molecule has 0 N–H and O–H groups in total. The van der Waals surface area contributed by atoms with Crippen LogP contribution in [0.1, 0.15) is 5.56 Å². The number of nitrogens with zero attached hydrogens (tertiary/aromatic N) is 3. The lowest BCUT2D eigenvalue weighted by Crippen LogP contribution is -1.88. The molecular weight excluding hydrogens is 357 g/mol. The molecule has 0 aliphatic carbocycles. The van der Waals surface area contributed by atoms with Crippen LogP contribution in [-0.4, -0.2) is 15.1 Å². The SMILES string of the molecule is O=[N+]([O-])c1cccc(-c2nnc(SCc3ccc(Cl)cc3F)o2)c1. The molecule has 0 fully saturated rings. The van der Waals surface area contributed by atoms with Crippen LogP contribution in [0.25, 0.3) is 11.5 Å². The predicted octanol–water partition coefficient (Wildman–Crippen LogP) is 4.73. The minimum atomic E-state index is -0.501. The van der Waals surface area contributed by atoms with Gasteiger partial charge in [0.05, 0.1) is 4.92 Å². The number of benzene rings is 2. The Kier molecular flexibility index (Phi) is 4.77. The van der Waals surface area contributed by atoms with Gasteiger partial charge in [-0.3, -0.25) is 10.1 Å². The van der Waals surface area contributed by atoms with Crippen molar-refractivity contribution < 1.29 is 13.7 Å². The topological polar surface area (TPSA) is 82.1 Å². The van der Waals surface area contributed by atoms with Gasteiger partial charge in [-0.2, -0.15) is 0 Å². The molecule has 0 aliphatic heterocycles. The van der Waals surface area contributed by atoms with Crippen molar-refractivity contribution in [3.63, 3.8) is 0 Å². The van der Waals surface area contributed by atoms with Gasteiger partial charge >= 0.3 is 0 Å². The first-order valence-corrected chi connectivity index (χ1v) is 8.04. The maximum Gasteiger partial charge on any atom is 0.277 e. The summed E-state index contributed by atoms with van der Waals surface area (Å²) in [5.74, 6) is 0.0470. The van der Waals surface area contributed by atoms with Gasteiger partial charge in [0.15, 0.2) is 0 Å². The minimum absolute atomic E-state index is 0.0665. The third kappa shape index (κ3) is 3.72. The van der Waals surface area contributed by atoms with E-state index in [0.717, 1.165) is 11.8 Å². The van der Waals surface area contributed by atoms with E-state index in [1.165, 1.54) is 24.3 Å². The van der Waals surface area contributed by atoms with E-state index >= 15 is 0 Å². The largest absolute Gasteiger partial charge is 0.411 e. The van der Waals surface area contributed by atoms with Crippen molar-refractivity contribution in [2.75, 3.05) is 0 Å². The van der Waals surface area contributed by atoms with Crippen LogP contribution >= 0.6 is 23.4 Å². The standard InChI is InChI=1S/C15H9ClFN3O3S/c16-11-5-4-10(13(17)7-11)8-24-15-19-18-14(23-15)9-2-1-3-12(6-9)20(21)22/h1-7H,8H2. The first kappa shape index (κ1) is 16.4. The Labute approximate surface area is 144 Å². The summed E-state index contributed by atoms with van der Waals surface area (Å²) < 4.78 is 19.2. The number of nitro benzene ring substituents is 1. The van der Waals surface area contributed by atoms with Gasteiger partial charge in [-0.05, 0) is 23.8 Å². The van der Waals surface area contributed by atoms with Crippen LogP contribution in [0, 0.1) is 15.9 Å². The molecule has 3 aromatic rings. The number of hydrogen-bond donors (Lipinski definition) is 0. The molecule has 0 spiro atoms. The monoisotopic (exact) mass is 365 g/mol. The van der Waals surface area contributed by atoms with E-state index in [4.69, 9.17) is 16.0 Å². The number of non-ortho nitro benzene ring substituents is 1. The number of thioether (sulfide) groups is 1. The van der Waals surface area contributed by atoms with E-state index in [0.29, 0.717) is 21.9 Å². The number of aromatic nitrogens is 2. The summed E-state index contributed by atoms with van der Waals surface area (Å²) in [6, 6.07) is 10.3. The maximum atomic E-state index is 13.7. The minimum Gasteiger partial charge on any atom is -0.411 e. The molecule has 3 rings (SSSR count). The first-order chi connectivity index (χ1) is 11.5. The highest BCUT2D eigenvalue weighted by Gasteiger charge is 2.13. The van der Waals surface area contributed by atoms with Gasteiger partial charge in [0.1, 0.15) is 5.82 Å². The summed E-state index contributed by atoms with van der Waals surface area (Å²) in [5, 5.41) is 19.1. The van der Waals surface area contributed by atoms with E-state index < -0.39 is 10.7 Å². The fourth-order valence-corrected chi connectivity index (χ4v) is 2.82. The maximum absolute atomic E-state index is 13.7. The second-order valence-corrected chi connectivity index (χ2v) is 6.07. The summed E-state index contributed by atoms with van der Waals surface area (Å²) >= 11 is 6.87. The van der Waals surface area contributed by atoms with E-state index in [2.05, 4.69) is 10.2 Å². The fourth-order valence-electron chi connectivity index (χ4n) is 1.92. The molecule has 0 bridgehead atoms. The summed E-state index contributed by atoms with van der Waals surface area (Å²) in [6.07, 6.45) is 0. The lowest BCUT2D eigenvalue weighted by Gasteiger charge is -2.01. The number of hydrogen-bond acceptors (Lipinski definition) is 6. The Hall–Kier alpha value is -2.45. The van der Waals surface area contributed by atoms with E-state index in [9.17, 15) is 14.5 Å². The molecule has 0 aliphatic rings. The van der Waals surface area contributed by atoms with E-state index in [-0.39, 0.29) is 16.8 Å². The van der Waals surface area contributed by atoms with Crippen LogP contribution in [0.3, 0.4) is 0 Å². The smallest absolute Gasteiger partial charge is 0.277 e. The Morgan fingerprint density at radius 3 is 2.83 bits per heavy atom. The van der Waals surface area contributed by atoms with Gasteiger partial charge in [-0.25, -0.2) is 4.39 Å². The highest BCUT2D eigenvalue weighted by molar-refractivity contribution is 7.98. The van der Waals surface area contributed by atoms with Crippen LogP contribution in [0.5, 0.6) is 0 Å². The molecule has 0 saturated carbocycles. The van der Waals surface area contributed by atoms with Crippen LogP contribution in [-0.2, 0) is 5.75 Å². The summed E-state index contributed by atoms with van der Waals surface area (Å²) in [6.45, 7) is 0. The van der Waals surface area contributed by atoms with Crippen LogP contribution < -0.4 is 0 Å². The Morgan fingerprint density at radius 2 is 2.08 bits per heavy atom. The zero-order valence-electron chi connectivity index (χ0n) is 12.0. The molecule has 2 aromatic carbocycles. The Balaban J connectivity index is 1.74. The van der Waals surface area contributed by atoms with Gasteiger partial charge in [0.2, 0.25) is 5.89 Å². The number of nitro groups is 1. The normalized spacial score (nSPS) is 10.8. The van der Waals surface area contributed by atoms with Gasteiger partial charge in [-0.1, -0.05) is 35.5 Å². The summed E-state index contributed by atoms with van der Waals surface area (Å²) in [4.78, 5) is 10.3. The summed E-state index contributed by atoms with van der Waals surface area (Å²) in [5.41, 5.74) is 0.837. The molecule has 1 heterocycles. The molecular formula is C15H9ClFN3O3S. The molecule has 0 unspecified atom stereocenters. The average Bonchev–Trinajstić information content (AvgIpc) is 3.03. The molecule has 0 radical (unpaired) electrons. The van der Waals surface area contributed by atoms with Gasteiger partial charge in [0, 0.05) is 28.5 Å². The molecule has 24 heavy (non-hydrogen) atoms. The van der Waals surface area contributed by atoms with Crippen molar-refractivity contribution in [3.05, 3.63) is 69.0 Å². The predicted molar refractivity (Wildman–Crippen MR) is 87.4 cm³/mol. The Morgan fingerprint density at radius 1 is 1.25 bits per heavy atom. The molecule has 6 nitrogen and oxygen atoms in total. The molecule has 9 heteroatoms. The van der Waals surface area contributed by atoms with Crippen molar-refractivity contribution in [3.8, 4) is 11.5 Å². The summed E-state index contributed by atoms with van der Waals surface area (Å²) in [7, 11) is 0. The second kappa shape index (κ2) is 6.98. The average molecular weight is 366 g/mol. The quantitative estimate of drug-likeness (QED) is 0.369. The molecule has 0 saturated heterocycles. The lowest BCUT2D eigenvalue weighted by molar-refractivity contribution is -0.384. The Bertz CT molecular complexity index is 903. The molecule has 0 atom stereocenters. The van der Waals surface area contributed by atoms with Crippen molar-refractivity contribution in [2.45, 2.75) is 11.0 Å². The lowest BCUT2D eigenvalue weighted by atomic mass is 10.2. The number of rotatable bonds is 5. The van der Waals surface area contributed by atoms with E-state index in [1.807, 2.05) is 0 Å². The molecule has 0 amide bonds. The number of halogens is 2. The van der Waals surface area contributed by atoms with E-state index in [1.54, 1.807) is 18.2 Å². The third-order valence-electron chi connectivity index (χ3n) is 3.08. The zero-order chi connectivity index (χ0) is 17.1. The first-order valence-electron chi connectivity index (χ1n) is 6.68. The van der Waals surface area contributed by atoms with Crippen molar-refractivity contribution in [2.24, 2.45) is 0 Å². The highest BCUT2D eigenvalue weighted by atomic mass is 35.5. The fraction of sp³-hybridized carbons (Fsp3) is 0.0667.